The smallest absolute Gasteiger partial charge is 0.308 e. The van der Waals surface area contributed by atoms with E-state index in [9.17, 15) is 14.7 Å². The van der Waals surface area contributed by atoms with Crippen molar-refractivity contribution in [2.75, 3.05) is 26.2 Å². The minimum Gasteiger partial charge on any atom is -0.481 e. The molecule has 1 amide bonds. The fraction of sp³-hybridized carbons (Fsp3) is 0.417. The Morgan fingerprint density at radius 1 is 1.00 bits per heavy atom. The highest BCUT2D eigenvalue weighted by atomic mass is 16.4. The number of amides is 1. The van der Waals surface area contributed by atoms with Gasteiger partial charge in [0.2, 0.25) is 5.91 Å². The molecule has 2 aliphatic heterocycles. The topological polar surface area (TPSA) is 60.9 Å². The highest BCUT2D eigenvalue weighted by Crippen LogP contribution is 2.38. The Bertz CT molecular complexity index is 845. The standard InChI is InChI=1S/C24H28N2O3/c27-22-15-20(23(28)29)17-26(22)18-24(21-9-5-2-6-10-21)11-13-25(14-12-24)16-19-7-3-1-4-8-19/h1-10,20H,11-18H2,(H,28,29)/t20-/m0/s1. The van der Waals surface area contributed by atoms with Gasteiger partial charge in [0.15, 0.2) is 0 Å². The number of hydrogen-bond donors (Lipinski definition) is 1. The zero-order chi connectivity index (χ0) is 20.3. The fourth-order valence-electron chi connectivity index (χ4n) is 4.77. The van der Waals surface area contributed by atoms with Gasteiger partial charge in [-0.25, -0.2) is 0 Å². The first-order valence-electron chi connectivity index (χ1n) is 10.4. The van der Waals surface area contributed by atoms with Crippen molar-refractivity contribution in [3.05, 3.63) is 71.8 Å². The summed E-state index contributed by atoms with van der Waals surface area (Å²) in [4.78, 5) is 28.1. The van der Waals surface area contributed by atoms with Crippen LogP contribution >= 0.6 is 0 Å². The SMILES string of the molecule is O=C(O)[C@H]1CC(=O)N(CC2(c3ccccc3)CCN(Cc3ccccc3)CC2)C1. The zero-order valence-corrected chi connectivity index (χ0v) is 16.7. The number of carbonyl (C=O) groups is 2. The number of aliphatic carboxylic acids is 1. The van der Waals surface area contributed by atoms with Crippen LogP contribution < -0.4 is 0 Å². The van der Waals surface area contributed by atoms with Crippen LogP contribution in [-0.2, 0) is 21.5 Å². The van der Waals surface area contributed by atoms with Crippen molar-refractivity contribution < 1.29 is 14.7 Å². The molecule has 4 rings (SSSR count). The van der Waals surface area contributed by atoms with Crippen LogP contribution in [0.3, 0.4) is 0 Å². The van der Waals surface area contributed by atoms with Crippen LogP contribution in [0.5, 0.6) is 0 Å². The van der Waals surface area contributed by atoms with Crippen LogP contribution in [0.25, 0.3) is 0 Å². The summed E-state index contributed by atoms with van der Waals surface area (Å²) >= 11 is 0. The molecule has 0 spiro atoms. The largest absolute Gasteiger partial charge is 0.481 e. The van der Waals surface area contributed by atoms with E-state index in [0.29, 0.717) is 13.1 Å². The van der Waals surface area contributed by atoms with E-state index in [2.05, 4.69) is 53.4 Å². The molecule has 5 nitrogen and oxygen atoms in total. The molecule has 1 atom stereocenters. The lowest BCUT2D eigenvalue weighted by Crippen LogP contribution is -2.49. The molecule has 2 aliphatic rings. The summed E-state index contributed by atoms with van der Waals surface area (Å²) in [5.41, 5.74) is 2.46. The van der Waals surface area contributed by atoms with Crippen LogP contribution in [0.2, 0.25) is 0 Å². The summed E-state index contributed by atoms with van der Waals surface area (Å²) in [5.74, 6) is -1.47. The lowest BCUT2D eigenvalue weighted by Gasteiger charge is -2.44. The third kappa shape index (κ3) is 4.35. The molecule has 1 N–H and O–H groups in total. The minimum atomic E-state index is -0.868. The molecule has 2 heterocycles. The van der Waals surface area contributed by atoms with Crippen molar-refractivity contribution in [1.82, 2.24) is 9.80 Å². The molecule has 0 radical (unpaired) electrons. The van der Waals surface area contributed by atoms with Crippen LogP contribution in [0.4, 0.5) is 0 Å². The summed E-state index contributed by atoms with van der Waals surface area (Å²) in [6.07, 6.45) is 2.05. The molecular formula is C24H28N2O3. The van der Waals surface area contributed by atoms with Gasteiger partial charge in [-0.1, -0.05) is 60.7 Å². The number of likely N-dealkylation sites (tertiary alicyclic amines) is 2. The van der Waals surface area contributed by atoms with Crippen LogP contribution in [0.1, 0.15) is 30.4 Å². The van der Waals surface area contributed by atoms with E-state index in [1.165, 1.54) is 11.1 Å². The van der Waals surface area contributed by atoms with E-state index in [1.54, 1.807) is 4.90 Å². The Hall–Kier alpha value is -2.66. The van der Waals surface area contributed by atoms with Gasteiger partial charge in [0.05, 0.1) is 5.92 Å². The average Bonchev–Trinajstić information content (AvgIpc) is 3.11. The van der Waals surface area contributed by atoms with Gasteiger partial charge in [0.1, 0.15) is 0 Å². The number of carboxylic acids is 1. The van der Waals surface area contributed by atoms with E-state index in [4.69, 9.17) is 0 Å². The normalized spacial score (nSPS) is 22.0. The summed E-state index contributed by atoms with van der Waals surface area (Å²) in [5, 5.41) is 9.33. The Balaban J connectivity index is 1.50. The van der Waals surface area contributed by atoms with Crippen molar-refractivity contribution in [1.29, 1.82) is 0 Å². The van der Waals surface area contributed by atoms with Crippen LogP contribution in [-0.4, -0.2) is 53.0 Å². The van der Waals surface area contributed by atoms with Gasteiger partial charge in [-0.2, -0.15) is 0 Å². The quantitative estimate of drug-likeness (QED) is 0.820. The number of rotatable bonds is 6. The highest BCUT2D eigenvalue weighted by molar-refractivity contribution is 5.86. The molecule has 2 saturated heterocycles. The molecule has 0 unspecified atom stereocenters. The van der Waals surface area contributed by atoms with Crippen molar-refractivity contribution in [2.45, 2.75) is 31.2 Å². The molecule has 5 heteroatoms. The summed E-state index contributed by atoms with van der Waals surface area (Å²) in [7, 11) is 0. The first-order valence-corrected chi connectivity index (χ1v) is 10.4. The fourth-order valence-corrected chi connectivity index (χ4v) is 4.77. The molecular weight excluding hydrogens is 364 g/mol. The highest BCUT2D eigenvalue weighted by Gasteiger charge is 2.42. The molecule has 2 fully saturated rings. The Morgan fingerprint density at radius 2 is 1.62 bits per heavy atom. The number of hydrogen-bond acceptors (Lipinski definition) is 3. The maximum absolute atomic E-state index is 12.5. The predicted molar refractivity (Wildman–Crippen MR) is 111 cm³/mol. The van der Waals surface area contributed by atoms with Crippen molar-refractivity contribution in [2.24, 2.45) is 5.92 Å². The van der Waals surface area contributed by atoms with Gasteiger partial charge < -0.3 is 10.0 Å². The van der Waals surface area contributed by atoms with Gasteiger partial charge in [-0.15, -0.1) is 0 Å². The molecule has 0 aliphatic carbocycles. The molecule has 0 bridgehead atoms. The first-order chi connectivity index (χ1) is 14.1. The average molecular weight is 392 g/mol. The number of nitrogens with zero attached hydrogens (tertiary/aromatic N) is 2. The third-order valence-electron chi connectivity index (χ3n) is 6.51. The van der Waals surface area contributed by atoms with Gasteiger partial charge in [0, 0.05) is 31.5 Å². The summed E-state index contributed by atoms with van der Waals surface area (Å²) in [6.45, 7) is 3.81. The van der Waals surface area contributed by atoms with Crippen molar-refractivity contribution in [3.63, 3.8) is 0 Å². The number of benzene rings is 2. The van der Waals surface area contributed by atoms with Crippen molar-refractivity contribution in [3.8, 4) is 0 Å². The summed E-state index contributed by atoms with van der Waals surface area (Å²) in [6, 6.07) is 20.9. The second kappa shape index (κ2) is 8.37. The van der Waals surface area contributed by atoms with E-state index in [-0.39, 0.29) is 17.7 Å². The van der Waals surface area contributed by atoms with E-state index >= 15 is 0 Å². The molecule has 2 aromatic carbocycles. The van der Waals surface area contributed by atoms with Gasteiger partial charge in [-0.3, -0.25) is 14.5 Å². The lowest BCUT2D eigenvalue weighted by atomic mass is 9.72. The molecule has 152 valence electrons. The first kappa shape index (κ1) is 19.6. The number of carbonyl (C=O) groups excluding carboxylic acids is 1. The van der Waals surface area contributed by atoms with Crippen LogP contribution in [0, 0.1) is 5.92 Å². The third-order valence-corrected chi connectivity index (χ3v) is 6.51. The predicted octanol–water partition coefficient (Wildman–Crippen LogP) is 3.15. The second-order valence-corrected chi connectivity index (χ2v) is 8.42. The van der Waals surface area contributed by atoms with Gasteiger partial charge in [0.25, 0.3) is 0 Å². The summed E-state index contributed by atoms with van der Waals surface area (Å²) < 4.78 is 0. The maximum Gasteiger partial charge on any atom is 0.308 e. The monoisotopic (exact) mass is 392 g/mol. The second-order valence-electron chi connectivity index (χ2n) is 8.42. The van der Waals surface area contributed by atoms with E-state index in [1.807, 2.05) is 12.1 Å². The Labute approximate surface area is 171 Å². The molecule has 2 aromatic rings. The number of carboxylic acid groups (broad SMARTS) is 1. The Morgan fingerprint density at radius 3 is 2.21 bits per heavy atom. The molecule has 29 heavy (non-hydrogen) atoms. The van der Waals surface area contributed by atoms with Crippen LogP contribution in [0.15, 0.2) is 60.7 Å². The maximum atomic E-state index is 12.5. The molecule has 0 saturated carbocycles. The minimum absolute atomic E-state index is 0.0283. The van der Waals surface area contributed by atoms with Gasteiger partial charge >= 0.3 is 5.97 Å². The molecule has 0 aromatic heterocycles. The lowest BCUT2D eigenvalue weighted by molar-refractivity contribution is -0.141. The van der Waals surface area contributed by atoms with E-state index in [0.717, 1.165) is 32.5 Å². The number of piperidine rings is 1. The van der Waals surface area contributed by atoms with Gasteiger partial charge in [-0.05, 0) is 37.1 Å². The van der Waals surface area contributed by atoms with Crippen molar-refractivity contribution >= 4 is 11.9 Å². The van der Waals surface area contributed by atoms with E-state index < -0.39 is 11.9 Å². The zero-order valence-electron chi connectivity index (χ0n) is 16.7. The Kier molecular flexibility index (Phi) is 5.67.